The van der Waals surface area contributed by atoms with Crippen LogP contribution >= 0.6 is 27.3 Å². The van der Waals surface area contributed by atoms with Crippen molar-refractivity contribution in [2.75, 3.05) is 0 Å². The molecule has 0 aliphatic carbocycles. The quantitative estimate of drug-likeness (QED) is 0.610. The van der Waals surface area contributed by atoms with Crippen LogP contribution in [-0.4, -0.2) is 5.11 Å². The smallest absolute Gasteiger partial charge is 0.122 e. The molecule has 3 rings (SSSR count). The molecule has 0 spiro atoms. The molecule has 1 nitrogen and oxygen atoms in total. The molecule has 0 amide bonds. The van der Waals surface area contributed by atoms with Crippen LogP contribution in [0.4, 0.5) is 0 Å². The number of fused-ring (bicyclic) bond motifs is 3. The Morgan fingerprint density at radius 1 is 1.12 bits per heavy atom. The van der Waals surface area contributed by atoms with Crippen molar-refractivity contribution in [3.05, 3.63) is 39.9 Å². The van der Waals surface area contributed by atoms with Crippen LogP contribution in [-0.2, 0) is 0 Å². The van der Waals surface area contributed by atoms with E-state index in [1.54, 1.807) is 11.3 Å². The van der Waals surface area contributed by atoms with E-state index >= 15 is 0 Å². The molecule has 0 saturated carbocycles. The summed E-state index contributed by atoms with van der Waals surface area (Å²) in [5.74, 6) is 0.420. The summed E-state index contributed by atoms with van der Waals surface area (Å²) in [6, 6.07) is 8.40. The first-order valence-electron chi connectivity index (χ1n) is 5.39. The summed E-state index contributed by atoms with van der Waals surface area (Å²) in [6.07, 6.45) is 0. The topological polar surface area (TPSA) is 20.2 Å². The van der Waals surface area contributed by atoms with Gasteiger partial charge in [-0.05, 0) is 37.6 Å². The van der Waals surface area contributed by atoms with Crippen molar-refractivity contribution in [3.63, 3.8) is 0 Å². The van der Waals surface area contributed by atoms with Gasteiger partial charge in [0.1, 0.15) is 5.75 Å². The van der Waals surface area contributed by atoms with Gasteiger partial charge in [0.15, 0.2) is 0 Å². The highest BCUT2D eigenvalue weighted by Gasteiger charge is 2.12. The lowest BCUT2D eigenvalue weighted by Crippen LogP contribution is -1.80. The van der Waals surface area contributed by atoms with Crippen molar-refractivity contribution >= 4 is 47.4 Å². The lowest BCUT2D eigenvalue weighted by Gasteiger charge is -2.04. The molecular weight excluding hydrogens is 296 g/mol. The fourth-order valence-corrected chi connectivity index (χ4v) is 3.94. The molecule has 3 aromatic rings. The fourth-order valence-electron chi connectivity index (χ4n) is 2.20. The molecule has 0 aliphatic rings. The number of aromatic hydroxyl groups is 1. The second-order valence-electron chi connectivity index (χ2n) is 4.29. The minimum absolute atomic E-state index is 0.420. The third kappa shape index (κ3) is 1.57. The van der Waals surface area contributed by atoms with Crippen molar-refractivity contribution in [3.8, 4) is 5.75 Å². The number of aryl methyl sites for hydroxylation is 2. The van der Waals surface area contributed by atoms with Gasteiger partial charge in [0, 0.05) is 30.2 Å². The van der Waals surface area contributed by atoms with Crippen molar-refractivity contribution in [2.45, 2.75) is 13.8 Å². The number of benzene rings is 2. The molecule has 86 valence electrons. The molecule has 0 saturated heterocycles. The van der Waals surface area contributed by atoms with E-state index in [1.807, 2.05) is 13.8 Å². The average molecular weight is 307 g/mol. The maximum atomic E-state index is 9.98. The highest BCUT2D eigenvalue weighted by Crippen LogP contribution is 2.41. The molecule has 0 bridgehead atoms. The Kier molecular flexibility index (Phi) is 2.42. The number of thiophene rings is 1. The summed E-state index contributed by atoms with van der Waals surface area (Å²) in [7, 11) is 0. The monoisotopic (exact) mass is 306 g/mol. The summed E-state index contributed by atoms with van der Waals surface area (Å²) < 4.78 is 3.53. The Labute approximate surface area is 112 Å². The Bertz CT molecular complexity index is 743. The van der Waals surface area contributed by atoms with Gasteiger partial charge in [-0.15, -0.1) is 11.3 Å². The Morgan fingerprint density at radius 2 is 1.88 bits per heavy atom. The molecule has 0 fully saturated rings. The Balaban J connectivity index is 2.56. The number of rotatable bonds is 0. The maximum absolute atomic E-state index is 9.98. The van der Waals surface area contributed by atoms with Crippen LogP contribution in [0.3, 0.4) is 0 Å². The van der Waals surface area contributed by atoms with E-state index in [0.717, 1.165) is 15.6 Å². The lowest BCUT2D eigenvalue weighted by atomic mass is 10.1. The molecular formula is C14H11BrOS. The first-order valence-corrected chi connectivity index (χ1v) is 7.00. The SMILES string of the molecule is Cc1cc2c(sc3cc(Br)ccc32)c(C)c1O. The van der Waals surface area contributed by atoms with Gasteiger partial charge in [-0.2, -0.15) is 0 Å². The van der Waals surface area contributed by atoms with E-state index in [0.29, 0.717) is 5.75 Å². The number of phenolic OH excluding ortho intramolecular Hbond substituents is 1. The van der Waals surface area contributed by atoms with Crippen molar-refractivity contribution in [2.24, 2.45) is 0 Å². The highest BCUT2D eigenvalue weighted by atomic mass is 79.9. The number of phenols is 1. The van der Waals surface area contributed by atoms with Crippen LogP contribution in [0.2, 0.25) is 0 Å². The van der Waals surface area contributed by atoms with E-state index in [9.17, 15) is 5.11 Å². The molecule has 0 atom stereocenters. The van der Waals surface area contributed by atoms with Crippen molar-refractivity contribution in [1.29, 1.82) is 0 Å². The van der Waals surface area contributed by atoms with Crippen LogP contribution in [0.15, 0.2) is 28.7 Å². The van der Waals surface area contributed by atoms with Crippen molar-refractivity contribution < 1.29 is 5.11 Å². The zero-order valence-electron chi connectivity index (χ0n) is 9.54. The van der Waals surface area contributed by atoms with Gasteiger partial charge in [0.05, 0.1) is 0 Å². The van der Waals surface area contributed by atoms with Gasteiger partial charge in [-0.1, -0.05) is 22.0 Å². The summed E-state index contributed by atoms with van der Waals surface area (Å²) >= 11 is 5.23. The molecule has 17 heavy (non-hydrogen) atoms. The van der Waals surface area contributed by atoms with Crippen LogP contribution in [0.5, 0.6) is 5.75 Å². The molecule has 0 radical (unpaired) electrons. The molecule has 0 aliphatic heterocycles. The van der Waals surface area contributed by atoms with E-state index < -0.39 is 0 Å². The standard InChI is InChI=1S/C14H11BrOS/c1-7-5-11-10-4-3-9(15)6-12(10)17-14(11)8(2)13(7)16/h3-6,16H,1-2H3. The number of hydrogen-bond donors (Lipinski definition) is 1. The fraction of sp³-hybridized carbons (Fsp3) is 0.143. The van der Waals surface area contributed by atoms with Crippen LogP contribution in [0.25, 0.3) is 20.2 Å². The van der Waals surface area contributed by atoms with Crippen LogP contribution < -0.4 is 0 Å². The number of hydrogen-bond acceptors (Lipinski definition) is 2. The average Bonchev–Trinajstić information content (AvgIpc) is 2.64. The van der Waals surface area contributed by atoms with E-state index in [2.05, 4.69) is 40.2 Å². The summed E-state index contributed by atoms with van der Waals surface area (Å²) in [5, 5.41) is 12.5. The van der Waals surface area contributed by atoms with Gasteiger partial charge in [-0.3, -0.25) is 0 Å². The van der Waals surface area contributed by atoms with Crippen molar-refractivity contribution in [1.82, 2.24) is 0 Å². The lowest BCUT2D eigenvalue weighted by molar-refractivity contribution is 0.468. The molecule has 1 heterocycles. The van der Waals surface area contributed by atoms with E-state index in [-0.39, 0.29) is 0 Å². The zero-order chi connectivity index (χ0) is 12.2. The predicted molar refractivity (Wildman–Crippen MR) is 78.2 cm³/mol. The van der Waals surface area contributed by atoms with Gasteiger partial charge in [-0.25, -0.2) is 0 Å². The Morgan fingerprint density at radius 3 is 2.65 bits per heavy atom. The van der Waals surface area contributed by atoms with Gasteiger partial charge < -0.3 is 5.11 Å². The minimum atomic E-state index is 0.420. The summed E-state index contributed by atoms with van der Waals surface area (Å²) in [4.78, 5) is 0. The normalized spacial score (nSPS) is 11.5. The summed E-state index contributed by atoms with van der Waals surface area (Å²) in [5.41, 5.74) is 1.93. The molecule has 1 aromatic heterocycles. The Hall–Kier alpha value is -1.06. The molecule has 1 N–H and O–H groups in total. The third-order valence-electron chi connectivity index (χ3n) is 3.12. The van der Waals surface area contributed by atoms with Crippen LogP contribution in [0, 0.1) is 13.8 Å². The van der Waals surface area contributed by atoms with E-state index in [1.165, 1.54) is 20.2 Å². The molecule has 0 unspecified atom stereocenters. The highest BCUT2D eigenvalue weighted by molar-refractivity contribution is 9.10. The number of halogens is 1. The van der Waals surface area contributed by atoms with Gasteiger partial charge in [0.2, 0.25) is 0 Å². The predicted octanol–water partition coefficient (Wildman–Crippen LogP) is 5.14. The summed E-state index contributed by atoms with van der Waals surface area (Å²) in [6.45, 7) is 3.93. The largest absolute Gasteiger partial charge is 0.507 e. The molecule has 3 heteroatoms. The first-order chi connectivity index (χ1) is 8.08. The second kappa shape index (κ2) is 3.72. The zero-order valence-corrected chi connectivity index (χ0v) is 11.9. The maximum Gasteiger partial charge on any atom is 0.122 e. The minimum Gasteiger partial charge on any atom is -0.507 e. The second-order valence-corrected chi connectivity index (χ2v) is 6.25. The molecule has 2 aromatic carbocycles. The van der Waals surface area contributed by atoms with Crippen LogP contribution in [0.1, 0.15) is 11.1 Å². The third-order valence-corrected chi connectivity index (χ3v) is 4.90. The first kappa shape index (κ1) is 11.1. The van der Waals surface area contributed by atoms with E-state index in [4.69, 9.17) is 0 Å². The van der Waals surface area contributed by atoms with Gasteiger partial charge >= 0.3 is 0 Å². The van der Waals surface area contributed by atoms with Gasteiger partial charge in [0.25, 0.3) is 0 Å².